The first-order chi connectivity index (χ1) is 8.16. The van der Waals surface area contributed by atoms with Gasteiger partial charge in [0.2, 0.25) is 11.7 Å². The molecule has 0 fully saturated rings. The van der Waals surface area contributed by atoms with Gasteiger partial charge >= 0.3 is 0 Å². The summed E-state index contributed by atoms with van der Waals surface area (Å²) in [4.78, 5) is 8.35. The molecule has 17 heavy (non-hydrogen) atoms. The van der Waals surface area contributed by atoms with Crippen molar-refractivity contribution in [3.63, 3.8) is 0 Å². The number of hydrogen-bond acceptors (Lipinski definition) is 5. The van der Waals surface area contributed by atoms with E-state index in [2.05, 4.69) is 15.1 Å². The second-order valence-electron chi connectivity index (χ2n) is 3.86. The van der Waals surface area contributed by atoms with Crippen molar-refractivity contribution in [2.24, 2.45) is 5.73 Å². The molecule has 2 rings (SSSR count). The summed E-state index contributed by atoms with van der Waals surface area (Å²) in [5.74, 6) is 0.967. The number of nitrogens with two attached hydrogens (primary N) is 1. The number of hydrogen-bond donors (Lipinski definition) is 1. The molecule has 1 atom stereocenters. The molecular formula is C11H13ClN4O. The van der Waals surface area contributed by atoms with Gasteiger partial charge in [0.15, 0.2) is 0 Å². The first kappa shape index (κ1) is 12.0. The molecule has 0 aliphatic heterocycles. The van der Waals surface area contributed by atoms with Crippen LogP contribution in [0.15, 0.2) is 22.9 Å². The molecule has 2 aromatic rings. The van der Waals surface area contributed by atoms with Crippen molar-refractivity contribution < 1.29 is 4.52 Å². The maximum Gasteiger partial charge on any atom is 0.227 e. The second-order valence-corrected chi connectivity index (χ2v) is 4.27. The van der Waals surface area contributed by atoms with Crippen molar-refractivity contribution in [3.8, 4) is 11.5 Å². The number of aryl methyl sites for hydroxylation is 1. The molecule has 5 nitrogen and oxygen atoms in total. The fourth-order valence-electron chi connectivity index (χ4n) is 1.35. The van der Waals surface area contributed by atoms with Gasteiger partial charge < -0.3 is 10.3 Å². The van der Waals surface area contributed by atoms with Crippen molar-refractivity contribution >= 4 is 11.6 Å². The number of aromatic nitrogens is 3. The average Bonchev–Trinajstić information content (AvgIpc) is 2.75. The molecule has 2 heterocycles. The third kappa shape index (κ3) is 3.01. The molecule has 0 saturated heterocycles. The van der Waals surface area contributed by atoms with Crippen molar-refractivity contribution in [2.45, 2.75) is 25.8 Å². The molecule has 1 unspecified atom stereocenters. The molecule has 0 radical (unpaired) electrons. The smallest absolute Gasteiger partial charge is 0.227 e. The fraction of sp³-hybridized carbons (Fsp3) is 0.364. The number of halogens is 1. The Hall–Kier alpha value is -1.46. The van der Waals surface area contributed by atoms with E-state index < -0.39 is 0 Å². The van der Waals surface area contributed by atoms with E-state index >= 15 is 0 Å². The van der Waals surface area contributed by atoms with Crippen LogP contribution in [0.2, 0.25) is 5.02 Å². The van der Waals surface area contributed by atoms with E-state index in [1.54, 1.807) is 18.3 Å². The lowest BCUT2D eigenvalue weighted by Crippen LogP contribution is -2.15. The lowest BCUT2D eigenvalue weighted by molar-refractivity contribution is 0.372. The fourth-order valence-corrected chi connectivity index (χ4v) is 1.56. The quantitative estimate of drug-likeness (QED) is 0.901. The highest BCUT2D eigenvalue weighted by molar-refractivity contribution is 6.32. The zero-order valence-corrected chi connectivity index (χ0v) is 10.2. The van der Waals surface area contributed by atoms with Gasteiger partial charge in [-0.1, -0.05) is 16.8 Å². The molecule has 0 amide bonds. The van der Waals surface area contributed by atoms with Gasteiger partial charge in [0.1, 0.15) is 5.69 Å². The van der Waals surface area contributed by atoms with Gasteiger partial charge in [0.25, 0.3) is 0 Å². The summed E-state index contributed by atoms with van der Waals surface area (Å²) in [6.45, 7) is 1.94. The SMILES string of the molecule is CC(N)CCc1nc(-c2ncccc2Cl)no1. The van der Waals surface area contributed by atoms with Gasteiger partial charge in [-0.3, -0.25) is 4.98 Å². The van der Waals surface area contributed by atoms with Crippen LogP contribution < -0.4 is 5.73 Å². The first-order valence-corrected chi connectivity index (χ1v) is 5.73. The lowest BCUT2D eigenvalue weighted by atomic mass is 10.2. The lowest BCUT2D eigenvalue weighted by Gasteiger charge is -1.99. The van der Waals surface area contributed by atoms with E-state index in [4.69, 9.17) is 21.9 Å². The standard InChI is InChI=1S/C11H13ClN4O/c1-7(13)4-5-9-15-11(16-17-9)10-8(12)3-2-6-14-10/h2-3,6-7H,4-5,13H2,1H3. The van der Waals surface area contributed by atoms with Crippen LogP contribution in [0.3, 0.4) is 0 Å². The molecule has 2 N–H and O–H groups in total. The van der Waals surface area contributed by atoms with Crippen LogP contribution in [0, 0.1) is 0 Å². The number of nitrogens with zero attached hydrogens (tertiary/aromatic N) is 3. The normalized spacial score (nSPS) is 12.6. The Labute approximate surface area is 104 Å². The first-order valence-electron chi connectivity index (χ1n) is 5.36. The summed E-state index contributed by atoms with van der Waals surface area (Å²) >= 11 is 5.99. The molecule has 0 saturated carbocycles. The number of rotatable bonds is 4. The molecule has 90 valence electrons. The molecule has 0 spiro atoms. The minimum Gasteiger partial charge on any atom is -0.339 e. The highest BCUT2D eigenvalue weighted by atomic mass is 35.5. The summed E-state index contributed by atoms with van der Waals surface area (Å²) in [6, 6.07) is 3.61. The van der Waals surface area contributed by atoms with E-state index in [9.17, 15) is 0 Å². The second kappa shape index (κ2) is 5.25. The predicted molar refractivity (Wildman–Crippen MR) is 64.5 cm³/mol. The van der Waals surface area contributed by atoms with Gasteiger partial charge in [-0.05, 0) is 25.5 Å². The van der Waals surface area contributed by atoms with Crippen LogP contribution in [0.1, 0.15) is 19.2 Å². The van der Waals surface area contributed by atoms with Gasteiger partial charge in [-0.15, -0.1) is 0 Å². The summed E-state index contributed by atoms with van der Waals surface area (Å²) in [7, 11) is 0. The Morgan fingerprint density at radius 1 is 1.53 bits per heavy atom. The molecule has 0 aromatic carbocycles. The van der Waals surface area contributed by atoms with Crippen LogP contribution in [0.5, 0.6) is 0 Å². The highest BCUT2D eigenvalue weighted by Gasteiger charge is 2.12. The predicted octanol–water partition coefficient (Wildman–Crippen LogP) is 2.06. The third-order valence-corrected chi connectivity index (χ3v) is 2.56. The maximum atomic E-state index is 5.99. The Balaban J connectivity index is 2.16. The van der Waals surface area contributed by atoms with E-state index in [0.717, 1.165) is 6.42 Å². The molecule has 2 aromatic heterocycles. The topological polar surface area (TPSA) is 77.8 Å². The van der Waals surface area contributed by atoms with Crippen molar-refractivity contribution in [2.75, 3.05) is 0 Å². The van der Waals surface area contributed by atoms with Gasteiger partial charge in [-0.2, -0.15) is 4.98 Å². The molecule has 0 aliphatic carbocycles. The zero-order valence-electron chi connectivity index (χ0n) is 9.43. The van der Waals surface area contributed by atoms with Crippen LogP contribution in [0.4, 0.5) is 0 Å². The number of pyridine rings is 1. The highest BCUT2D eigenvalue weighted by Crippen LogP contribution is 2.22. The maximum absolute atomic E-state index is 5.99. The average molecular weight is 253 g/mol. The Morgan fingerprint density at radius 2 is 2.35 bits per heavy atom. The van der Waals surface area contributed by atoms with Crippen LogP contribution in [-0.4, -0.2) is 21.2 Å². The van der Waals surface area contributed by atoms with Crippen LogP contribution in [-0.2, 0) is 6.42 Å². The van der Waals surface area contributed by atoms with Crippen LogP contribution >= 0.6 is 11.6 Å². The van der Waals surface area contributed by atoms with Crippen molar-refractivity contribution in [1.29, 1.82) is 0 Å². The largest absolute Gasteiger partial charge is 0.339 e. The van der Waals surface area contributed by atoms with Gasteiger partial charge in [0, 0.05) is 18.7 Å². The van der Waals surface area contributed by atoms with E-state index in [1.807, 2.05) is 6.92 Å². The zero-order chi connectivity index (χ0) is 12.3. The summed E-state index contributed by atoms with van der Waals surface area (Å²) in [5.41, 5.74) is 6.19. The Morgan fingerprint density at radius 3 is 3.06 bits per heavy atom. The van der Waals surface area contributed by atoms with Crippen LogP contribution in [0.25, 0.3) is 11.5 Å². The molecule has 6 heteroatoms. The molecule has 0 bridgehead atoms. The van der Waals surface area contributed by atoms with E-state index in [1.165, 1.54) is 0 Å². The Bertz CT molecular complexity index is 498. The molecule has 0 aliphatic rings. The minimum absolute atomic E-state index is 0.115. The van der Waals surface area contributed by atoms with Gasteiger partial charge in [0.05, 0.1) is 5.02 Å². The summed E-state index contributed by atoms with van der Waals surface area (Å²) in [5, 5.41) is 4.36. The van der Waals surface area contributed by atoms with E-state index in [-0.39, 0.29) is 6.04 Å². The monoisotopic (exact) mass is 252 g/mol. The summed E-state index contributed by atoms with van der Waals surface area (Å²) in [6.07, 6.45) is 3.10. The summed E-state index contributed by atoms with van der Waals surface area (Å²) < 4.78 is 5.11. The van der Waals surface area contributed by atoms with Crippen molar-refractivity contribution in [3.05, 3.63) is 29.2 Å². The Kier molecular flexibility index (Phi) is 3.71. The third-order valence-electron chi connectivity index (χ3n) is 2.25. The minimum atomic E-state index is 0.115. The van der Waals surface area contributed by atoms with Gasteiger partial charge in [-0.25, -0.2) is 0 Å². The van der Waals surface area contributed by atoms with E-state index in [0.29, 0.717) is 28.9 Å². The van der Waals surface area contributed by atoms with Crippen molar-refractivity contribution in [1.82, 2.24) is 15.1 Å². The molecular weight excluding hydrogens is 240 g/mol.